The van der Waals surface area contributed by atoms with Gasteiger partial charge in [-0.3, -0.25) is 4.79 Å². The first-order chi connectivity index (χ1) is 13.0. The Hall–Kier alpha value is -3.22. The second-order valence-corrected chi connectivity index (χ2v) is 6.87. The first-order valence-corrected chi connectivity index (χ1v) is 8.96. The number of carboxylic acid groups (broad SMARTS) is 1. The summed E-state index contributed by atoms with van der Waals surface area (Å²) in [5.74, 6) is -0.948. The summed E-state index contributed by atoms with van der Waals surface area (Å²) in [6, 6.07) is 8.31. The monoisotopic (exact) mass is 364 g/mol. The van der Waals surface area contributed by atoms with Gasteiger partial charge in [0.25, 0.3) is 5.91 Å². The van der Waals surface area contributed by atoms with Gasteiger partial charge >= 0.3 is 5.97 Å². The van der Waals surface area contributed by atoms with E-state index in [1.807, 2.05) is 6.07 Å². The molecule has 1 aromatic carbocycles. The van der Waals surface area contributed by atoms with E-state index in [1.54, 1.807) is 4.90 Å². The van der Waals surface area contributed by atoms with Gasteiger partial charge < -0.3 is 15.0 Å². The molecule has 0 bridgehead atoms. The Morgan fingerprint density at radius 2 is 1.78 bits per heavy atom. The smallest absolute Gasteiger partial charge is 0.356 e. The topological polar surface area (TPSA) is 99.2 Å². The van der Waals surface area contributed by atoms with E-state index in [0.717, 1.165) is 24.6 Å². The fraction of sp³-hybridized carbons (Fsp3) is 0.300. The van der Waals surface area contributed by atoms with Gasteiger partial charge in [0.1, 0.15) is 5.69 Å². The Bertz CT molecular complexity index is 1000. The van der Waals surface area contributed by atoms with Crippen LogP contribution in [0.4, 0.5) is 0 Å². The minimum atomic E-state index is -1.16. The molecule has 1 fully saturated rings. The maximum Gasteiger partial charge on any atom is 0.356 e. The molecule has 1 amide bonds. The van der Waals surface area contributed by atoms with Crippen LogP contribution in [0.3, 0.4) is 0 Å². The lowest BCUT2D eigenvalue weighted by Gasteiger charge is -2.32. The number of carbonyl (C=O) groups excluding carboxylic acids is 1. The van der Waals surface area contributed by atoms with Gasteiger partial charge in [0.2, 0.25) is 0 Å². The molecule has 3 aromatic rings. The number of hydrogen-bond acceptors (Lipinski definition) is 4. The lowest BCUT2D eigenvalue weighted by Crippen LogP contribution is -2.38. The Kier molecular flexibility index (Phi) is 4.35. The fourth-order valence-electron chi connectivity index (χ4n) is 3.91. The van der Waals surface area contributed by atoms with Crippen LogP contribution in [-0.4, -0.2) is 49.9 Å². The van der Waals surface area contributed by atoms with Crippen molar-refractivity contribution in [1.29, 1.82) is 0 Å². The molecule has 7 nitrogen and oxygen atoms in total. The molecule has 27 heavy (non-hydrogen) atoms. The second kappa shape index (κ2) is 6.83. The van der Waals surface area contributed by atoms with Crippen LogP contribution in [0.15, 0.2) is 36.7 Å². The number of benzene rings is 1. The van der Waals surface area contributed by atoms with Gasteiger partial charge in [-0.1, -0.05) is 18.2 Å². The largest absolute Gasteiger partial charge is 0.476 e. The molecule has 3 heterocycles. The number of amides is 1. The van der Waals surface area contributed by atoms with Crippen LogP contribution in [-0.2, 0) is 0 Å². The molecule has 0 radical (unpaired) electrons. The first kappa shape index (κ1) is 17.2. The molecule has 2 N–H and O–H groups in total. The molecule has 1 aliphatic rings. The van der Waals surface area contributed by atoms with E-state index in [9.17, 15) is 9.59 Å². The van der Waals surface area contributed by atoms with Gasteiger partial charge in [-0.05, 0) is 37.3 Å². The van der Waals surface area contributed by atoms with Crippen LogP contribution >= 0.6 is 0 Å². The van der Waals surface area contributed by atoms with Gasteiger partial charge in [0.15, 0.2) is 5.69 Å². The Morgan fingerprint density at radius 1 is 1.11 bits per heavy atom. The minimum Gasteiger partial charge on any atom is -0.476 e. The normalized spacial score (nSPS) is 15.2. The minimum absolute atomic E-state index is 0.167. The number of aryl methyl sites for hydroxylation is 1. The number of H-pyrrole nitrogens is 1. The molecule has 7 heteroatoms. The lowest BCUT2D eigenvalue weighted by atomic mass is 9.87. The number of aromatic nitrogens is 3. The van der Waals surface area contributed by atoms with E-state index in [4.69, 9.17) is 5.11 Å². The third kappa shape index (κ3) is 3.16. The molecule has 1 saturated heterocycles. The van der Waals surface area contributed by atoms with E-state index in [-0.39, 0.29) is 17.3 Å². The number of fused-ring (bicyclic) bond motifs is 1. The van der Waals surface area contributed by atoms with Crippen molar-refractivity contribution in [2.24, 2.45) is 0 Å². The van der Waals surface area contributed by atoms with Gasteiger partial charge in [-0.15, -0.1) is 0 Å². The Balaban J connectivity index is 1.47. The number of piperidine rings is 1. The van der Waals surface area contributed by atoms with Crippen molar-refractivity contribution in [3.05, 3.63) is 59.3 Å². The number of rotatable bonds is 3. The van der Waals surface area contributed by atoms with Crippen LogP contribution in [0.1, 0.15) is 51.0 Å². The number of likely N-dealkylation sites (tertiary alicyclic amines) is 1. The van der Waals surface area contributed by atoms with E-state index in [2.05, 4.69) is 40.1 Å². The predicted octanol–water partition coefficient (Wildman–Crippen LogP) is 2.98. The molecule has 1 aliphatic heterocycles. The number of nitrogens with zero attached hydrogens (tertiary/aromatic N) is 3. The van der Waals surface area contributed by atoms with E-state index < -0.39 is 5.97 Å². The van der Waals surface area contributed by atoms with E-state index >= 15 is 0 Å². The summed E-state index contributed by atoms with van der Waals surface area (Å²) in [6.07, 6.45) is 4.13. The van der Waals surface area contributed by atoms with Crippen LogP contribution in [0, 0.1) is 6.92 Å². The lowest BCUT2D eigenvalue weighted by molar-refractivity contribution is 0.0679. The summed E-state index contributed by atoms with van der Waals surface area (Å²) in [7, 11) is 0. The molecule has 0 unspecified atom stereocenters. The van der Waals surface area contributed by atoms with Gasteiger partial charge in [0, 0.05) is 29.7 Å². The number of carboxylic acids is 1. The fourth-order valence-corrected chi connectivity index (χ4v) is 3.91. The molecule has 4 rings (SSSR count). The van der Waals surface area contributed by atoms with Crippen molar-refractivity contribution in [2.75, 3.05) is 13.1 Å². The highest BCUT2D eigenvalue weighted by Crippen LogP contribution is 2.35. The van der Waals surface area contributed by atoms with Crippen molar-refractivity contribution >= 4 is 22.8 Å². The van der Waals surface area contributed by atoms with Crippen LogP contribution < -0.4 is 0 Å². The number of aromatic carboxylic acids is 1. The van der Waals surface area contributed by atoms with Crippen LogP contribution in [0.5, 0.6) is 0 Å². The van der Waals surface area contributed by atoms with Crippen molar-refractivity contribution in [3.63, 3.8) is 0 Å². The summed E-state index contributed by atoms with van der Waals surface area (Å²) in [6.45, 7) is 3.39. The highest BCUT2D eigenvalue weighted by Gasteiger charge is 2.28. The molecule has 0 atom stereocenters. The number of para-hydroxylation sites is 1. The molecule has 0 aliphatic carbocycles. The van der Waals surface area contributed by atoms with Crippen LogP contribution in [0.25, 0.3) is 10.9 Å². The third-order valence-electron chi connectivity index (χ3n) is 5.22. The molecule has 2 aromatic heterocycles. The molecular formula is C20H20N4O3. The van der Waals surface area contributed by atoms with E-state index in [1.165, 1.54) is 22.8 Å². The average molecular weight is 364 g/mol. The zero-order valence-electron chi connectivity index (χ0n) is 15.0. The molecule has 138 valence electrons. The summed E-state index contributed by atoms with van der Waals surface area (Å²) < 4.78 is 0. The van der Waals surface area contributed by atoms with Crippen molar-refractivity contribution < 1.29 is 14.7 Å². The molecular weight excluding hydrogens is 344 g/mol. The summed E-state index contributed by atoms with van der Waals surface area (Å²) in [5, 5.41) is 10.1. The average Bonchev–Trinajstić information content (AvgIpc) is 3.03. The molecule has 0 saturated carbocycles. The Labute approximate surface area is 156 Å². The second-order valence-electron chi connectivity index (χ2n) is 6.87. The SMILES string of the molecule is Cc1[nH]c2ccccc2c1C1CCN(C(=O)c2cnc(C(=O)O)cn2)CC1. The number of nitrogens with one attached hydrogen (secondary N) is 1. The first-order valence-electron chi connectivity index (χ1n) is 8.96. The predicted molar refractivity (Wildman–Crippen MR) is 99.9 cm³/mol. The third-order valence-corrected chi connectivity index (χ3v) is 5.22. The highest BCUT2D eigenvalue weighted by atomic mass is 16.4. The standard InChI is InChI=1S/C20H20N4O3/c1-12-18(14-4-2-3-5-15(14)23-12)13-6-8-24(9-7-13)19(25)16-10-22-17(11-21-16)20(26)27/h2-5,10-11,13,23H,6-9H2,1H3,(H,26,27). The van der Waals surface area contributed by atoms with Crippen LogP contribution in [0.2, 0.25) is 0 Å². The van der Waals surface area contributed by atoms with Gasteiger partial charge in [-0.25, -0.2) is 14.8 Å². The maximum absolute atomic E-state index is 12.6. The summed E-state index contributed by atoms with van der Waals surface area (Å²) in [5.41, 5.74) is 3.71. The van der Waals surface area contributed by atoms with Crippen molar-refractivity contribution in [1.82, 2.24) is 19.9 Å². The Morgan fingerprint density at radius 3 is 2.44 bits per heavy atom. The zero-order valence-corrected chi connectivity index (χ0v) is 15.0. The maximum atomic E-state index is 12.6. The van der Waals surface area contributed by atoms with Crippen molar-refractivity contribution in [3.8, 4) is 0 Å². The summed E-state index contributed by atoms with van der Waals surface area (Å²) >= 11 is 0. The molecule has 0 spiro atoms. The quantitative estimate of drug-likeness (QED) is 0.744. The number of carbonyl (C=O) groups is 2. The number of hydrogen-bond donors (Lipinski definition) is 2. The highest BCUT2D eigenvalue weighted by molar-refractivity contribution is 5.93. The number of aromatic amines is 1. The van der Waals surface area contributed by atoms with Crippen molar-refractivity contribution in [2.45, 2.75) is 25.7 Å². The van der Waals surface area contributed by atoms with Gasteiger partial charge in [0.05, 0.1) is 12.4 Å². The van der Waals surface area contributed by atoms with Gasteiger partial charge in [-0.2, -0.15) is 0 Å². The zero-order chi connectivity index (χ0) is 19.0. The van der Waals surface area contributed by atoms with E-state index in [0.29, 0.717) is 19.0 Å². The summed E-state index contributed by atoms with van der Waals surface area (Å²) in [4.78, 5) is 36.4.